The number of rotatable bonds is 5. The maximum absolute atomic E-state index is 12.6. The monoisotopic (exact) mass is 525 g/mol. The average Bonchev–Trinajstić information content (AvgIpc) is 3.27. The first kappa shape index (κ1) is 26.1. The highest BCUT2D eigenvalue weighted by molar-refractivity contribution is 5.86. The van der Waals surface area contributed by atoms with Gasteiger partial charge in [-0.15, -0.1) is 13.2 Å². The minimum atomic E-state index is -4.73. The van der Waals surface area contributed by atoms with E-state index in [9.17, 15) is 13.2 Å². The first-order valence-corrected chi connectivity index (χ1v) is 12.9. The summed E-state index contributed by atoms with van der Waals surface area (Å²) in [5.41, 5.74) is 6.93. The van der Waals surface area contributed by atoms with Crippen molar-refractivity contribution < 1.29 is 17.9 Å². The number of aryl methyl sites for hydroxylation is 2. The van der Waals surface area contributed by atoms with Crippen molar-refractivity contribution in [3.63, 3.8) is 0 Å². The van der Waals surface area contributed by atoms with Crippen LogP contribution < -0.4 is 10.1 Å². The molecule has 2 aromatic heterocycles. The van der Waals surface area contributed by atoms with Crippen LogP contribution in [0.2, 0.25) is 0 Å². The number of ether oxygens (including phenoxy) is 1. The second kappa shape index (κ2) is 9.36. The molecule has 2 atom stereocenters. The summed E-state index contributed by atoms with van der Waals surface area (Å²) in [6.45, 7) is 11.0. The molecule has 1 N–H and O–H groups in total. The van der Waals surface area contributed by atoms with Gasteiger partial charge in [0, 0.05) is 30.0 Å². The molecule has 0 amide bonds. The minimum absolute atomic E-state index is 0.191. The lowest BCUT2D eigenvalue weighted by molar-refractivity contribution is -0.274. The molecule has 1 fully saturated rings. The number of alkyl halides is 3. The summed E-state index contributed by atoms with van der Waals surface area (Å²) in [4.78, 5) is 5.00. The second-order valence-corrected chi connectivity index (χ2v) is 11.4. The number of nitrogens with zero attached hydrogens (tertiary/aromatic N) is 4. The van der Waals surface area contributed by atoms with Crippen molar-refractivity contribution >= 4 is 22.7 Å². The zero-order valence-electron chi connectivity index (χ0n) is 22.6. The van der Waals surface area contributed by atoms with E-state index in [1.807, 2.05) is 18.7 Å². The lowest BCUT2D eigenvalue weighted by Crippen LogP contribution is -2.29. The van der Waals surface area contributed by atoms with Crippen LogP contribution in [0.15, 0.2) is 42.5 Å². The van der Waals surface area contributed by atoms with Crippen molar-refractivity contribution in [2.75, 3.05) is 5.32 Å². The Bertz CT molecular complexity index is 1470. The Morgan fingerprint density at radius 3 is 2.37 bits per heavy atom. The Balaban J connectivity index is 1.57. The van der Waals surface area contributed by atoms with Crippen LogP contribution in [0.1, 0.15) is 57.5 Å². The van der Waals surface area contributed by atoms with Crippen molar-refractivity contribution in [2.24, 2.45) is 18.4 Å². The predicted molar refractivity (Wildman–Crippen MR) is 144 cm³/mol. The molecule has 202 valence electrons. The van der Waals surface area contributed by atoms with Gasteiger partial charge in [0.25, 0.3) is 0 Å². The molecule has 0 saturated heterocycles. The first-order chi connectivity index (χ1) is 17.8. The van der Waals surface area contributed by atoms with Crippen LogP contribution in [0.4, 0.5) is 24.8 Å². The summed E-state index contributed by atoms with van der Waals surface area (Å²) in [7, 11) is 1.94. The molecule has 1 aliphatic rings. The van der Waals surface area contributed by atoms with Crippen molar-refractivity contribution in [2.45, 2.75) is 66.3 Å². The summed E-state index contributed by atoms with van der Waals surface area (Å²) >= 11 is 0. The van der Waals surface area contributed by atoms with Gasteiger partial charge in [0.15, 0.2) is 0 Å². The topological polar surface area (TPSA) is 56.9 Å². The van der Waals surface area contributed by atoms with Crippen molar-refractivity contribution in [1.29, 1.82) is 0 Å². The number of nitrogens with one attached hydrogen (secondary N) is 1. The third-order valence-electron chi connectivity index (χ3n) is 7.56. The Morgan fingerprint density at radius 1 is 1.05 bits per heavy atom. The normalized spacial score (nSPS) is 19.6. The number of hydrogen-bond acceptors (Lipinski definition) is 4. The van der Waals surface area contributed by atoms with Gasteiger partial charge in [0.1, 0.15) is 5.75 Å². The van der Waals surface area contributed by atoms with Gasteiger partial charge in [-0.2, -0.15) is 5.10 Å². The number of anilines is 2. The van der Waals surface area contributed by atoms with Gasteiger partial charge < -0.3 is 14.6 Å². The van der Waals surface area contributed by atoms with Crippen LogP contribution in [-0.4, -0.2) is 25.7 Å². The molecule has 6 nitrogen and oxygen atoms in total. The van der Waals surface area contributed by atoms with E-state index in [4.69, 9.17) is 4.98 Å². The number of benzene rings is 2. The van der Waals surface area contributed by atoms with Gasteiger partial charge in [0.05, 0.1) is 16.7 Å². The fourth-order valence-electron chi connectivity index (χ4n) is 6.26. The van der Waals surface area contributed by atoms with Crippen LogP contribution in [-0.2, 0) is 7.05 Å². The maximum atomic E-state index is 12.6. The van der Waals surface area contributed by atoms with Gasteiger partial charge in [-0.1, -0.05) is 26.8 Å². The van der Waals surface area contributed by atoms with E-state index in [0.717, 1.165) is 46.4 Å². The third kappa shape index (κ3) is 5.24. The van der Waals surface area contributed by atoms with Crippen molar-refractivity contribution in [3.05, 3.63) is 53.9 Å². The first-order valence-electron chi connectivity index (χ1n) is 12.9. The fraction of sp³-hybridized carbons (Fsp3) is 0.448. The molecule has 9 heteroatoms. The summed E-state index contributed by atoms with van der Waals surface area (Å²) in [5, 5.41) is 7.95. The Labute approximate surface area is 220 Å². The summed E-state index contributed by atoms with van der Waals surface area (Å²) in [6, 6.07) is 12.4. The zero-order chi connectivity index (χ0) is 27.4. The third-order valence-corrected chi connectivity index (χ3v) is 7.56. The Hall–Kier alpha value is -3.49. The SMILES string of the molecule is Cc1nn(C)c(C)c1-c1ccc2c(c1)nc(Nc1ccc(OC(F)(F)F)cc1)n2C1CC(C)CC(C)(C)C1. The number of halogens is 3. The van der Waals surface area contributed by atoms with Crippen molar-refractivity contribution in [1.82, 2.24) is 19.3 Å². The van der Waals surface area contributed by atoms with Crippen LogP contribution in [0.3, 0.4) is 0 Å². The van der Waals surface area contributed by atoms with Crippen molar-refractivity contribution in [3.8, 4) is 16.9 Å². The van der Waals surface area contributed by atoms with Gasteiger partial charge in [0.2, 0.25) is 5.95 Å². The molecule has 2 aromatic carbocycles. The fourth-order valence-corrected chi connectivity index (χ4v) is 6.26. The number of fused-ring (bicyclic) bond motifs is 1. The molecule has 1 saturated carbocycles. The number of aromatic nitrogens is 4. The quantitative estimate of drug-likeness (QED) is 0.286. The number of hydrogen-bond donors (Lipinski definition) is 1. The molecular formula is C29H34F3N5O. The van der Waals surface area contributed by atoms with Gasteiger partial charge >= 0.3 is 6.36 Å². The van der Waals surface area contributed by atoms with Crippen LogP contribution in [0.25, 0.3) is 22.2 Å². The van der Waals surface area contributed by atoms with Crippen LogP contribution in [0.5, 0.6) is 5.75 Å². The summed E-state index contributed by atoms with van der Waals surface area (Å²) in [6.07, 6.45) is -1.51. The second-order valence-electron chi connectivity index (χ2n) is 11.4. The smallest absolute Gasteiger partial charge is 0.406 e. The molecule has 5 rings (SSSR count). The molecular weight excluding hydrogens is 491 g/mol. The lowest BCUT2D eigenvalue weighted by atomic mass is 9.70. The largest absolute Gasteiger partial charge is 0.573 e. The Kier molecular flexibility index (Phi) is 6.44. The molecule has 1 aliphatic carbocycles. The molecule has 38 heavy (non-hydrogen) atoms. The molecule has 0 spiro atoms. The molecule has 0 radical (unpaired) electrons. The molecule has 2 heterocycles. The maximum Gasteiger partial charge on any atom is 0.573 e. The predicted octanol–water partition coefficient (Wildman–Crippen LogP) is 8.08. The highest BCUT2D eigenvalue weighted by Gasteiger charge is 2.35. The van der Waals surface area contributed by atoms with E-state index in [-0.39, 0.29) is 17.2 Å². The standard InChI is InChI=1S/C29H34F3N5O/c1-17-13-22(16-28(4,5)15-17)37-25-12-7-20(26-18(2)35-36(6)19(26)3)14-24(25)34-27(37)33-21-8-10-23(11-9-21)38-29(30,31)32/h7-12,14,17,22H,13,15-16H2,1-6H3,(H,33,34). The van der Waals surface area contributed by atoms with Gasteiger partial charge in [-0.05, 0) is 86.4 Å². The zero-order valence-corrected chi connectivity index (χ0v) is 22.6. The summed E-state index contributed by atoms with van der Waals surface area (Å²) < 4.78 is 46.0. The van der Waals surface area contributed by atoms with E-state index < -0.39 is 6.36 Å². The highest BCUT2D eigenvalue weighted by Crippen LogP contribution is 2.46. The van der Waals surface area contributed by atoms with E-state index >= 15 is 0 Å². The summed E-state index contributed by atoms with van der Waals surface area (Å²) in [5.74, 6) is 0.982. The van der Waals surface area contributed by atoms with Crippen LogP contribution in [0, 0.1) is 25.2 Å². The molecule has 2 unspecified atom stereocenters. The van der Waals surface area contributed by atoms with E-state index in [1.165, 1.54) is 18.6 Å². The highest BCUT2D eigenvalue weighted by atomic mass is 19.4. The van der Waals surface area contributed by atoms with Crippen LogP contribution >= 0.6 is 0 Å². The average molecular weight is 526 g/mol. The van der Waals surface area contributed by atoms with Gasteiger partial charge in [-0.25, -0.2) is 4.98 Å². The van der Waals surface area contributed by atoms with E-state index in [1.54, 1.807) is 12.1 Å². The number of imidazole rings is 1. The minimum Gasteiger partial charge on any atom is -0.406 e. The molecule has 0 bridgehead atoms. The Morgan fingerprint density at radius 2 is 1.76 bits per heavy atom. The molecule has 4 aromatic rings. The molecule has 0 aliphatic heterocycles. The van der Waals surface area contributed by atoms with E-state index in [0.29, 0.717) is 17.6 Å². The van der Waals surface area contributed by atoms with Gasteiger partial charge in [-0.3, -0.25) is 4.68 Å². The van der Waals surface area contributed by atoms with E-state index in [2.05, 4.69) is 65.6 Å². The lowest BCUT2D eigenvalue weighted by Gasteiger charge is -2.40.